The van der Waals surface area contributed by atoms with Gasteiger partial charge in [-0.3, -0.25) is 4.79 Å². The highest BCUT2D eigenvalue weighted by Gasteiger charge is 2.27. The van der Waals surface area contributed by atoms with Gasteiger partial charge in [0.15, 0.2) is 11.3 Å². The summed E-state index contributed by atoms with van der Waals surface area (Å²) in [5, 5.41) is 4.14. The van der Waals surface area contributed by atoms with Crippen molar-refractivity contribution < 1.29 is 23.5 Å². The van der Waals surface area contributed by atoms with Gasteiger partial charge in [-0.25, -0.2) is 9.79 Å². The summed E-state index contributed by atoms with van der Waals surface area (Å²) in [6.45, 7) is 4.01. The minimum atomic E-state index is -0.398. The topological polar surface area (TPSA) is 90.1 Å². The largest absolute Gasteiger partial charge is 0.493 e. The van der Waals surface area contributed by atoms with Crippen LogP contribution in [0.3, 0.4) is 0 Å². The molecular weight excluding hydrogens is 488 g/mol. The van der Waals surface area contributed by atoms with Crippen LogP contribution in [0, 0.1) is 6.92 Å². The lowest BCUT2D eigenvalue weighted by molar-refractivity contribution is 0.0526. The first-order chi connectivity index (χ1) is 18.0. The Morgan fingerprint density at radius 1 is 1.11 bits per heavy atom. The molecule has 0 bridgehead atoms. The zero-order chi connectivity index (χ0) is 25.9. The van der Waals surface area contributed by atoms with E-state index in [0.717, 1.165) is 41.7 Å². The fourth-order valence-corrected chi connectivity index (χ4v) is 5.83. The highest BCUT2D eigenvalue weighted by molar-refractivity contribution is 7.16. The van der Waals surface area contributed by atoms with E-state index in [1.165, 1.54) is 11.3 Å². The minimum Gasteiger partial charge on any atom is -0.493 e. The number of amides is 1. The Morgan fingerprint density at radius 3 is 2.70 bits per heavy atom. The number of carbonyl (C=O) groups is 2. The Morgan fingerprint density at radius 2 is 1.92 bits per heavy atom. The molecule has 0 saturated carbocycles. The van der Waals surface area contributed by atoms with E-state index in [9.17, 15) is 9.59 Å². The lowest BCUT2D eigenvalue weighted by Gasteiger charge is -2.12. The number of rotatable bonds is 6. The lowest BCUT2D eigenvalue weighted by Crippen LogP contribution is -2.22. The maximum Gasteiger partial charge on any atom is 0.341 e. The van der Waals surface area contributed by atoms with Crippen LogP contribution in [0.4, 0.5) is 10.7 Å². The molecule has 4 aromatic rings. The van der Waals surface area contributed by atoms with E-state index in [1.807, 2.05) is 43.3 Å². The van der Waals surface area contributed by atoms with Gasteiger partial charge < -0.3 is 19.2 Å². The van der Waals surface area contributed by atoms with Gasteiger partial charge in [0.25, 0.3) is 5.91 Å². The van der Waals surface area contributed by atoms with E-state index in [4.69, 9.17) is 18.9 Å². The highest BCUT2D eigenvalue weighted by Crippen LogP contribution is 2.40. The number of esters is 1. The van der Waals surface area contributed by atoms with Crippen LogP contribution >= 0.6 is 11.3 Å². The van der Waals surface area contributed by atoms with Crippen molar-refractivity contribution in [2.45, 2.75) is 39.5 Å². The molecule has 1 N–H and O–H groups in total. The molecule has 0 fully saturated rings. The normalized spacial score (nSPS) is 13.3. The van der Waals surface area contributed by atoms with Gasteiger partial charge in [0.2, 0.25) is 5.55 Å². The number of hydrogen-bond acceptors (Lipinski definition) is 7. The SMILES string of the molecule is CCOC(=O)c1c(/N=c2\oc3c(OC)cccc3cc2C(=O)Nc2cccc(C)c2)sc2c1CCCC2. The van der Waals surface area contributed by atoms with Gasteiger partial charge in [-0.2, -0.15) is 0 Å². The molecule has 190 valence electrons. The molecule has 2 heterocycles. The number of para-hydroxylation sites is 1. The third-order valence-corrected chi connectivity index (χ3v) is 7.50. The first-order valence-electron chi connectivity index (χ1n) is 12.3. The Hall–Kier alpha value is -3.91. The smallest absolute Gasteiger partial charge is 0.341 e. The number of thiophene rings is 1. The molecule has 0 atom stereocenters. The number of benzene rings is 2. The zero-order valence-corrected chi connectivity index (χ0v) is 21.9. The second kappa shape index (κ2) is 10.6. The number of ether oxygens (including phenoxy) is 2. The van der Waals surface area contributed by atoms with Crippen LogP contribution in [0.5, 0.6) is 5.75 Å². The van der Waals surface area contributed by atoms with Crippen molar-refractivity contribution in [3.8, 4) is 5.75 Å². The first-order valence-corrected chi connectivity index (χ1v) is 13.2. The quantitative estimate of drug-likeness (QED) is 0.302. The Kier molecular flexibility index (Phi) is 7.10. The summed E-state index contributed by atoms with van der Waals surface area (Å²) >= 11 is 1.46. The van der Waals surface area contributed by atoms with E-state index in [2.05, 4.69) is 5.32 Å². The van der Waals surface area contributed by atoms with Crippen LogP contribution in [-0.2, 0) is 17.6 Å². The molecule has 0 spiro atoms. The Bertz CT molecular complexity index is 1570. The van der Waals surface area contributed by atoms with Crippen LogP contribution in [0.15, 0.2) is 57.9 Å². The number of nitrogens with one attached hydrogen (secondary N) is 1. The standard InChI is InChI=1S/C29H28N2O5S/c1-4-35-29(33)24-20-12-5-6-14-23(20)37-28(24)31-27-21(26(32)30-19-11-7-9-17(2)15-19)16-18-10-8-13-22(34-3)25(18)36-27/h7-11,13,15-16H,4-6,12,14H2,1-3H3,(H,30,32)/b31-27-. The van der Waals surface area contributed by atoms with E-state index < -0.39 is 5.97 Å². The number of methoxy groups -OCH3 is 1. The molecule has 2 aromatic heterocycles. The van der Waals surface area contributed by atoms with Crippen molar-refractivity contribution in [3.63, 3.8) is 0 Å². The fourth-order valence-electron chi connectivity index (χ4n) is 4.59. The summed E-state index contributed by atoms with van der Waals surface area (Å²) < 4.78 is 17.1. The molecule has 0 unspecified atom stereocenters. The van der Waals surface area contributed by atoms with E-state index in [1.54, 1.807) is 26.2 Å². The van der Waals surface area contributed by atoms with Crippen LogP contribution in [0.2, 0.25) is 0 Å². The monoisotopic (exact) mass is 516 g/mol. The molecule has 1 amide bonds. The molecule has 37 heavy (non-hydrogen) atoms. The lowest BCUT2D eigenvalue weighted by atomic mass is 9.95. The molecule has 7 nitrogen and oxygen atoms in total. The molecule has 1 aliphatic carbocycles. The predicted octanol–water partition coefficient (Wildman–Crippen LogP) is 6.35. The highest BCUT2D eigenvalue weighted by atomic mass is 32.1. The average Bonchev–Trinajstić information content (AvgIpc) is 3.26. The number of hydrogen-bond donors (Lipinski definition) is 1. The summed E-state index contributed by atoms with van der Waals surface area (Å²) in [5.74, 6) is -0.239. The summed E-state index contributed by atoms with van der Waals surface area (Å²) in [4.78, 5) is 32.4. The van der Waals surface area contributed by atoms with Gasteiger partial charge in [0.05, 0.1) is 19.3 Å². The summed E-state index contributed by atoms with van der Waals surface area (Å²) in [6, 6.07) is 14.8. The molecule has 1 aliphatic rings. The number of fused-ring (bicyclic) bond motifs is 2. The molecule has 8 heteroatoms. The first kappa shape index (κ1) is 24.8. The second-order valence-electron chi connectivity index (χ2n) is 8.89. The predicted molar refractivity (Wildman–Crippen MR) is 144 cm³/mol. The van der Waals surface area contributed by atoms with Crippen molar-refractivity contribution in [1.29, 1.82) is 0 Å². The van der Waals surface area contributed by atoms with E-state index in [0.29, 0.717) is 33.0 Å². The molecule has 0 radical (unpaired) electrons. The Balaban J connectivity index is 1.71. The number of nitrogens with zero attached hydrogens (tertiary/aromatic N) is 1. The number of carbonyl (C=O) groups excluding carboxylic acids is 2. The fraction of sp³-hybridized carbons (Fsp3) is 0.276. The molecule has 5 rings (SSSR count). The van der Waals surface area contributed by atoms with Crippen LogP contribution in [-0.4, -0.2) is 25.6 Å². The molecule has 0 aliphatic heterocycles. The van der Waals surface area contributed by atoms with Gasteiger partial charge in [-0.05, 0) is 74.9 Å². The van der Waals surface area contributed by atoms with Crippen LogP contribution in [0.1, 0.15) is 56.5 Å². The molecule has 2 aromatic carbocycles. The van der Waals surface area contributed by atoms with Crippen LogP contribution in [0.25, 0.3) is 11.0 Å². The average molecular weight is 517 g/mol. The van der Waals surface area contributed by atoms with Crippen molar-refractivity contribution in [2.24, 2.45) is 4.99 Å². The van der Waals surface area contributed by atoms with Crippen molar-refractivity contribution in [3.05, 3.63) is 81.2 Å². The van der Waals surface area contributed by atoms with Crippen molar-refractivity contribution in [1.82, 2.24) is 0 Å². The summed E-state index contributed by atoms with van der Waals surface area (Å²) in [7, 11) is 1.56. The number of aryl methyl sites for hydroxylation is 2. The third-order valence-electron chi connectivity index (χ3n) is 6.31. The third kappa shape index (κ3) is 5.02. The summed E-state index contributed by atoms with van der Waals surface area (Å²) in [6.07, 6.45) is 3.78. The maximum absolute atomic E-state index is 13.5. The van der Waals surface area contributed by atoms with Gasteiger partial charge in [-0.1, -0.05) is 24.3 Å². The van der Waals surface area contributed by atoms with Crippen molar-refractivity contribution in [2.75, 3.05) is 19.0 Å². The van der Waals surface area contributed by atoms with E-state index >= 15 is 0 Å². The number of anilines is 1. The van der Waals surface area contributed by atoms with Gasteiger partial charge in [0.1, 0.15) is 10.6 Å². The molecular formula is C29H28N2O5S. The zero-order valence-electron chi connectivity index (χ0n) is 21.1. The van der Waals surface area contributed by atoms with E-state index in [-0.39, 0.29) is 23.6 Å². The summed E-state index contributed by atoms with van der Waals surface area (Å²) in [5.41, 5.74) is 3.99. The second-order valence-corrected chi connectivity index (χ2v) is 9.97. The Labute approximate surface area is 218 Å². The maximum atomic E-state index is 13.5. The van der Waals surface area contributed by atoms with Gasteiger partial charge in [0, 0.05) is 16.0 Å². The van der Waals surface area contributed by atoms with Gasteiger partial charge in [-0.15, -0.1) is 11.3 Å². The van der Waals surface area contributed by atoms with Crippen LogP contribution < -0.4 is 15.6 Å². The molecule has 0 saturated heterocycles. The van der Waals surface area contributed by atoms with Gasteiger partial charge >= 0.3 is 5.97 Å². The van der Waals surface area contributed by atoms with Crippen molar-refractivity contribution >= 4 is 44.9 Å². The minimum absolute atomic E-state index is 0.103.